The number of piperidine rings is 1. The topological polar surface area (TPSA) is 42.0 Å². The van der Waals surface area contributed by atoms with E-state index in [1.165, 1.54) is 0 Å². The highest BCUT2D eigenvalue weighted by atomic mass is 16.5. The van der Waals surface area contributed by atoms with Crippen molar-refractivity contribution >= 4 is 11.6 Å². The summed E-state index contributed by atoms with van der Waals surface area (Å²) in [7, 11) is 0. The lowest BCUT2D eigenvalue weighted by Crippen LogP contribution is -2.43. The summed E-state index contributed by atoms with van der Waals surface area (Å²) in [6.45, 7) is 8.16. The van der Waals surface area contributed by atoms with E-state index in [0.29, 0.717) is 25.7 Å². The molecule has 5 nitrogen and oxygen atoms in total. The predicted octanol–water partition coefficient (Wildman–Crippen LogP) is 2.69. The Morgan fingerprint density at radius 3 is 3.00 bits per heavy atom. The molecule has 2 aliphatic heterocycles. The highest BCUT2D eigenvalue weighted by molar-refractivity contribution is 5.95. The van der Waals surface area contributed by atoms with Crippen LogP contribution in [0.5, 0.6) is 5.75 Å². The molecule has 0 spiro atoms. The van der Waals surface area contributed by atoms with E-state index in [1.54, 1.807) is 0 Å². The number of para-hydroxylation sites is 2. The number of likely N-dealkylation sites (tertiary alicyclic amines) is 1. The van der Waals surface area contributed by atoms with Crippen molar-refractivity contribution in [3.8, 4) is 5.75 Å². The molecule has 1 saturated heterocycles. The second-order valence-corrected chi connectivity index (χ2v) is 6.86. The zero-order valence-corrected chi connectivity index (χ0v) is 14.7. The molecule has 5 heteroatoms. The van der Waals surface area contributed by atoms with Crippen LogP contribution in [0.4, 0.5) is 5.69 Å². The molecule has 0 saturated carbocycles. The van der Waals surface area contributed by atoms with Gasteiger partial charge >= 0.3 is 0 Å². The van der Waals surface area contributed by atoms with Crippen LogP contribution >= 0.6 is 0 Å². The number of carbonyl (C=O) groups is 1. The number of ether oxygens (including phenoxy) is 2. The Bertz CT molecular complexity index is 561. The van der Waals surface area contributed by atoms with Crippen LogP contribution in [-0.4, -0.2) is 55.8 Å². The fourth-order valence-electron chi connectivity index (χ4n) is 3.53. The van der Waals surface area contributed by atoms with E-state index in [2.05, 4.69) is 18.7 Å². The van der Waals surface area contributed by atoms with Crippen molar-refractivity contribution in [3.63, 3.8) is 0 Å². The maximum atomic E-state index is 12.7. The summed E-state index contributed by atoms with van der Waals surface area (Å²) in [6, 6.07) is 7.77. The van der Waals surface area contributed by atoms with Crippen LogP contribution in [0, 0.1) is 0 Å². The normalized spacial score (nSPS) is 21.5. The van der Waals surface area contributed by atoms with Gasteiger partial charge in [0.15, 0.2) is 0 Å². The molecule has 1 atom stereocenters. The molecule has 0 bridgehead atoms. The first-order valence-corrected chi connectivity index (χ1v) is 9.03. The molecule has 24 heavy (non-hydrogen) atoms. The Morgan fingerprint density at radius 1 is 1.33 bits per heavy atom. The number of carbonyl (C=O) groups excluding carboxylic acids is 1. The maximum Gasteiger partial charge on any atom is 0.228 e. The lowest BCUT2D eigenvalue weighted by Gasteiger charge is -2.34. The van der Waals surface area contributed by atoms with Gasteiger partial charge in [-0.25, -0.2) is 0 Å². The lowest BCUT2D eigenvalue weighted by atomic mass is 10.1. The van der Waals surface area contributed by atoms with E-state index in [1.807, 2.05) is 29.2 Å². The maximum absolute atomic E-state index is 12.7. The van der Waals surface area contributed by atoms with Crippen molar-refractivity contribution in [2.75, 3.05) is 37.7 Å². The van der Waals surface area contributed by atoms with Crippen LogP contribution in [0.25, 0.3) is 0 Å². The molecule has 0 aromatic heterocycles. The number of nitrogens with zero attached hydrogens (tertiary/aromatic N) is 2. The van der Waals surface area contributed by atoms with Crippen molar-refractivity contribution in [1.82, 2.24) is 4.90 Å². The summed E-state index contributed by atoms with van der Waals surface area (Å²) in [5.74, 6) is 0.984. The van der Waals surface area contributed by atoms with E-state index in [-0.39, 0.29) is 12.0 Å². The van der Waals surface area contributed by atoms with Gasteiger partial charge in [-0.2, -0.15) is 0 Å². The number of fused-ring (bicyclic) bond motifs is 1. The molecule has 132 valence electrons. The van der Waals surface area contributed by atoms with Crippen LogP contribution in [-0.2, 0) is 9.53 Å². The van der Waals surface area contributed by atoms with Gasteiger partial charge in [0.1, 0.15) is 12.4 Å². The molecule has 1 aromatic carbocycles. The fraction of sp³-hybridized carbons (Fsp3) is 0.632. The molecule has 2 aliphatic rings. The van der Waals surface area contributed by atoms with Crippen molar-refractivity contribution in [1.29, 1.82) is 0 Å². The lowest BCUT2D eigenvalue weighted by molar-refractivity contribution is -0.119. The van der Waals surface area contributed by atoms with Crippen molar-refractivity contribution in [2.24, 2.45) is 0 Å². The zero-order valence-electron chi connectivity index (χ0n) is 14.7. The van der Waals surface area contributed by atoms with Gasteiger partial charge in [-0.15, -0.1) is 0 Å². The summed E-state index contributed by atoms with van der Waals surface area (Å²) in [5.41, 5.74) is 0.897. The highest BCUT2D eigenvalue weighted by Gasteiger charge is 2.25. The number of benzene rings is 1. The average molecular weight is 332 g/mol. The Labute approximate surface area is 144 Å². The van der Waals surface area contributed by atoms with E-state index in [0.717, 1.165) is 43.9 Å². The SMILES string of the molecule is CC(C)OC1CCCN(CCC(=O)N2CCOc3ccccc32)C1. The largest absolute Gasteiger partial charge is 0.490 e. The summed E-state index contributed by atoms with van der Waals surface area (Å²) >= 11 is 0. The first-order valence-electron chi connectivity index (χ1n) is 9.03. The van der Waals surface area contributed by atoms with E-state index in [9.17, 15) is 4.79 Å². The molecule has 0 aliphatic carbocycles. The first kappa shape index (κ1) is 17.2. The number of hydrogen-bond donors (Lipinski definition) is 0. The predicted molar refractivity (Wildman–Crippen MR) is 94.6 cm³/mol. The standard InChI is InChI=1S/C19H28N2O3/c1-15(2)24-16-6-5-10-20(14-16)11-9-19(22)21-12-13-23-18-8-4-3-7-17(18)21/h3-4,7-8,15-16H,5-6,9-14H2,1-2H3. The summed E-state index contributed by atoms with van der Waals surface area (Å²) in [6.07, 6.45) is 3.38. The summed E-state index contributed by atoms with van der Waals surface area (Å²) < 4.78 is 11.6. The van der Waals surface area contributed by atoms with Gasteiger partial charge in [0.25, 0.3) is 0 Å². The minimum absolute atomic E-state index is 0.178. The van der Waals surface area contributed by atoms with E-state index < -0.39 is 0 Å². The minimum atomic E-state index is 0.178. The van der Waals surface area contributed by atoms with Gasteiger partial charge in [0.2, 0.25) is 5.91 Å². The van der Waals surface area contributed by atoms with Crippen LogP contribution in [0.1, 0.15) is 33.1 Å². The average Bonchev–Trinajstić information content (AvgIpc) is 2.59. The molecule has 0 N–H and O–H groups in total. The molecule has 1 unspecified atom stereocenters. The van der Waals surface area contributed by atoms with Crippen molar-refractivity contribution in [2.45, 2.75) is 45.3 Å². The molecule has 2 heterocycles. The van der Waals surface area contributed by atoms with E-state index in [4.69, 9.17) is 9.47 Å². The van der Waals surface area contributed by atoms with Gasteiger partial charge in [-0.1, -0.05) is 12.1 Å². The third kappa shape index (κ3) is 4.28. The number of rotatable bonds is 5. The minimum Gasteiger partial charge on any atom is -0.490 e. The van der Waals surface area contributed by atoms with Gasteiger partial charge in [-0.3, -0.25) is 4.79 Å². The zero-order chi connectivity index (χ0) is 16.9. The van der Waals surface area contributed by atoms with Crippen LogP contribution in [0.3, 0.4) is 0 Å². The molecule has 1 aromatic rings. The van der Waals surface area contributed by atoms with Crippen LogP contribution in [0.2, 0.25) is 0 Å². The monoisotopic (exact) mass is 332 g/mol. The fourth-order valence-corrected chi connectivity index (χ4v) is 3.53. The second-order valence-electron chi connectivity index (χ2n) is 6.86. The first-order chi connectivity index (χ1) is 11.6. The highest BCUT2D eigenvalue weighted by Crippen LogP contribution is 2.31. The van der Waals surface area contributed by atoms with Crippen molar-refractivity contribution < 1.29 is 14.3 Å². The quantitative estimate of drug-likeness (QED) is 0.831. The smallest absolute Gasteiger partial charge is 0.228 e. The Hall–Kier alpha value is -1.59. The van der Waals surface area contributed by atoms with Gasteiger partial charge in [0.05, 0.1) is 24.4 Å². The summed E-state index contributed by atoms with van der Waals surface area (Å²) in [5, 5.41) is 0. The van der Waals surface area contributed by atoms with Crippen LogP contribution < -0.4 is 9.64 Å². The van der Waals surface area contributed by atoms with E-state index >= 15 is 0 Å². The third-order valence-electron chi connectivity index (χ3n) is 4.60. The van der Waals surface area contributed by atoms with Gasteiger partial charge in [0, 0.05) is 19.5 Å². The Balaban J connectivity index is 1.53. The number of hydrogen-bond acceptors (Lipinski definition) is 4. The molecular weight excluding hydrogens is 304 g/mol. The Kier molecular flexibility index (Phi) is 5.74. The summed E-state index contributed by atoms with van der Waals surface area (Å²) in [4.78, 5) is 16.9. The second kappa shape index (κ2) is 7.99. The molecule has 3 rings (SSSR count). The van der Waals surface area contributed by atoms with Crippen molar-refractivity contribution in [3.05, 3.63) is 24.3 Å². The Morgan fingerprint density at radius 2 is 2.17 bits per heavy atom. The van der Waals surface area contributed by atoms with Crippen LogP contribution in [0.15, 0.2) is 24.3 Å². The molecule has 1 amide bonds. The molecule has 0 radical (unpaired) electrons. The number of anilines is 1. The molecular formula is C19H28N2O3. The number of amides is 1. The van der Waals surface area contributed by atoms with Gasteiger partial charge in [-0.05, 0) is 45.4 Å². The third-order valence-corrected chi connectivity index (χ3v) is 4.60. The van der Waals surface area contributed by atoms with Gasteiger partial charge < -0.3 is 19.3 Å². The molecule has 1 fully saturated rings.